The van der Waals surface area contributed by atoms with Gasteiger partial charge in [0.15, 0.2) is 17.5 Å². The molecule has 0 aliphatic heterocycles. The molecule has 1 unspecified atom stereocenters. The lowest BCUT2D eigenvalue weighted by Crippen LogP contribution is -2.31. The van der Waals surface area contributed by atoms with Crippen molar-refractivity contribution < 1.29 is 18.3 Å². The van der Waals surface area contributed by atoms with Crippen molar-refractivity contribution in [2.75, 3.05) is 18.6 Å². The number of halogens is 3. The van der Waals surface area contributed by atoms with E-state index in [-0.39, 0.29) is 19.2 Å². The van der Waals surface area contributed by atoms with Gasteiger partial charge in [0, 0.05) is 24.9 Å². The summed E-state index contributed by atoms with van der Waals surface area (Å²) in [6.07, 6.45) is 2.50. The van der Waals surface area contributed by atoms with Crippen LogP contribution in [0.25, 0.3) is 0 Å². The molecule has 1 aromatic carbocycles. The van der Waals surface area contributed by atoms with Crippen LogP contribution in [0.2, 0.25) is 0 Å². The summed E-state index contributed by atoms with van der Waals surface area (Å²) in [6, 6.07) is 2.00. The van der Waals surface area contributed by atoms with Crippen LogP contribution in [0.5, 0.6) is 0 Å². The Balaban J connectivity index is 2.61. The molecule has 18 heavy (non-hydrogen) atoms. The molecule has 102 valence electrons. The largest absolute Gasteiger partial charge is 0.396 e. The van der Waals surface area contributed by atoms with Crippen LogP contribution >= 0.6 is 11.8 Å². The highest BCUT2D eigenvalue weighted by Gasteiger charge is 2.12. The van der Waals surface area contributed by atoms with Crippen LogP contribution < -0.4 is 5.32 Å². The van der Waals surface area contributed by atoms with Gasteiger partial charge >= 0.3 is 0 Å². The molecule has 0 saturated carbocycles. The third-order valence-electron chi connectivity index (χ3n) is 2.48. The van der Waals surface area contributed by atoms with Gasteiger partial charge in [-0.15, -0.1) is 0 Å². The normalized spacial score (nSPS) is 12.7. The molecule has 1 aromatic rings. The van der Waals surface area contributed by atoms with Gasteiger partial charge in [0.2, 0.25) is 0 Å². The van der Waals surface area contributed by atoms with E-state index in [2.05, 4.69) is 5.32 Å². The van der Waals surface area contributed by atoms with Gasteiger partial charge in [0.25, 0.3) is 0 Å². The molecule has 0 spiro atoms. The lowest BCUT2D eigenvalue weighted by molar-refractivity contribution is 0.269. The average molecular weight is 279 g/mol. The van der Waals surface area contributed by atoms with Gasteiger partial charge in [0.05, 0.1) is 0 Å². The van der Waals surface area contributed by atoms with Gasteiger partial charge in [-0.3, -0.25) is 0 Å². The highest BCUT2D eigenvalue weighted by Crippen LogP contribution is 2.14. The van der Waals surface area contributed by atoms with E-state index in [1.165, 1.54) is 0 Å². The van der Waals surface area contributed by atoms with Crippen molar-refractivity contribution in [3.8, 4) is 0 Å². The minimum Gasteiger partial charge on any atom is -0.396 e. The summed E-state index contributed by atoms with van der Waals surface area (Å²) in [4.78, 5) is 0. The van der Waals surface area contributed by atoms with Crippen LogP contribution in [0.3, 0.4) is 0 Å². The fourth-order valence-electron chi connectivity index (χ4n) is 1.57. The Labute approximate surface area is 109 Å². The lowest BCUT2D eigenvalue weighted by Gasteiger charge is -2.16. The molecule has 0 aliphatic carbocycles. The van der Waals surface area contributed by atoms with Crippen molar-refractivity contribution in [2.24, 2.45) is 0 Å². The molecule has 0 aromatic heterocycles. The Hall–Kier alpha value is -0.720. The molecular weight excluding hydrogens is 263 g/mol. The molecule has 1 rings (SSSR count). The zero-order valence-corrected chi connectivity index (χ0v) is 10.9. The van der Waals surface area contributed by atoms with E-state index in [4.69, 9.17) is 5.11 Å². The number of benzene rings is 1. The van der Waals surface area contributed by atoms with Gasteiger partial charge in [-0.05, 0) is 30.4 Å². The SMILES string of the molecule is CSCC(CCO)NCc1cc(F)c(F)c(F)c1. The maximum atomic E-state index is 13.0. The van der Waals surface area contributed by atoms with Crippen LogP contribution in [-0.2, 0) is 6.54 Å². The van der Waals surface area contributed by atoms with Crippen LogP contribution in [0, 0.1) is 17.5 Å². The summed E-state index contributed by atoms with van der Waals surface area (Å²) in [5, 5.41) is 11.9. The maximum absolute atomic E-state index is 13.0. The molecule has 0 bridgehead atoms. The van der Waals surface area contributed by atoms with Crippen LogP contribution in [0.15, 0.2) is 12.1 Å². The predicted octanol–water partition coefficient (Wildman–Crippen LogP) is 2.31. The van der Waals surface area contributed by atoms with E-state index in [9.17, 15) is 13.2 Å². The summed E-state index contributed by atoms with van der Waals surface area (Å²) >= 11 is 1.61. The Morgan fingerprint density at radius 3 is 2.39 bits per heavy atom. The number of aliphatic hydroxyl groups is 1. The number of hydrogen-bond acceptors (Lipinski definition) is 3. The van der Waals surface area contributed by atoms with E-state index >= 15 is 0 Å². The van der Waals surface area contributed by atoms with Crippen LogP contribution in [0.4, 0.5) is 13.2 Å². The summed E-state index contributed by atoms with van der Waals surface area (Å²) in [6.45, 7) is 0.281. The zero-order chi connectivity index (χ0) is 13.5. The topological polar surface area (TPSA) is 32.3 Å². The first-order valence-corrected chi connectivity index (χ1v) is 6.94. The van der Waals surface area contributed by atoms with Crippen molar-refractivity contribution >= 4 is 11.8 Å². The van der Waals surface area contributed by atoms with Crippen molar-refractivity contribution in [3.63, 3.8) is 0 Å². The minimum atomic E-state index is -1.45. The first-order valence-electron chi connectivity index (χ1n) is 5.55. The summed E-state index contributed by atoms with van der Waals surface area (Å²) in [7, 11) is 0. The molecule has 0 fully saturated rings. The van der Waals surface area contributed by atoms with Crippen molar-refractivity contribution in [3.05, 3.63) is 35.1 Å². The third-order valence-corrected chi connectivity index (χ3v) is 3.22. The molecule has 0 radical (unpaired) electrons. The van der Waals surface area contributed by atoms with Crippen molar-refractivity contribution in [2.45, 2.75) is 19.0 Å². The molecule has 6 heteroatoms. The Morgan fingerprint density at radius 2 is 1.89 bits per heavy atom. The van der Waals surface area contributed by atoms with E-state index in [1.807, 2.05) is 6.26 Å². The number of hydrogen-bond donors (Lipinski definition) is 2. The van der Waals surface area contributed by atoms with E-state index in [0.29, 0.717) is 12.0 Å². The highest BCUT2D eigenvalue weighted by molar-refractivity contribution is 7.98. The van der Waals surface area contributed by atoms with Crippen LogP contribution in [0.1, 0.15) is 12.0 Å². The fourth-order valence-corrected chi connectivity index (χ4v) is 2.26. The summed E-state index contributed by atoms with van der Waals surface area (Å²) in [5.74, 6) is -3.03. The first-order chi connectivity index (χ1) is 8.58. The molecule has 0 heterocycles. The van der Waals surface area contributed by atoms with Gasteiger partial charge in [-0.1, -0.05) is 0 Å². The predicted molar refractivity (Wildman–Crippen MR) is 67.0 cm³/mol. The van der Waals surface area contributed by atoms with E-state index < -0.39 is 17.5 Å². The standard InChI is InChI=1S/C12H16F3NOS/c1-18-7-9(2-3-17)16-6-8-4-10(13)12(15)11(14)5-8/h4-5,9,16-17H,2-3,6-7H2,1H3. The summed E-state index contributed by atoms with van der Waals surface area (Å²) in [5.41, 5.74) is 0.343. The number of thioether (sulfide) groups is 1. The number of rotatable bonds is 7. The second-order valence-corrected chi connectivity index (χ2v) is 4.83. The second-order valence-electron chi connectivity index (χ2n) is 3.92. The van der Waals surface area contributed by atoms with Gasteiger partial charge < -0.3 is 10.4 Å². The summed E-state index contributed by atoms with van der Waals surface area (Å²) < 4.78 is 38.7. The molecule has 0 saturated heterocycles. The smallest absolute Gasteiger partial charge is 0.194 e. The van der Waals surface area contributed by atoms with Gasteiger partial charge in [-0.2, -0.15) is 11.8 Å². The molecule has 2 N–H and O–H groups in total. The molecule has 2 nitrogen and oxygen atoms in total. The fraction of sp³-hybridized carbons (Fsp3) is 0.500. The molecule has 0 amide bonds. The average Bonchev–Trinajstić information content (AvgIpc) is 2.33. The molecular formula is C12H16F3NOS. The van der Waals surface area contributed by atoms with E-state index in [1.54, 1.807) is 11.8 Å². The quantitative estimate of drug-likeness (QED) is 0.751. The Morgan fingerprint density at radius 1 is 1.28 bits per heavy atom. The minimum absolute atomic E-state index is 0.0460. The van der Waals surface area contributed by atoms with Crippen molar-refractivity contribution in [1.82, 2.24) is 5.32 Å². The number of aliphatic hydroxyl groups excluding tert-OH is 1. The Kier molecular flexibility index (Phi) is 6.52. The van der Waals surface area contributed by atoms with Gasteiger partial charge in [-0.25, -0.2) is 13.2 Å². The number of nitrogens with one attached hydrogen (secondary N) is 1. The second kappa shape index (κ2) is 7.66. The third kappa shape index (κ3) is 4.51. The van der Waals surface area contributed by atoms with Crippen LogP contribution in [-0.4, -0.2) is 29.8 Å². The first kappa shape index (κ1) is 15.3. The van der Waals surface area contributed by atoms with Crippen molar-refractivity contribution in [1.29, 1.82) is 0 Å². The molecule has 0 aliphatic rings. The molecule has 1 atom stereocenters. The Bertz CT molecular complexity index is 361. The monoisotopic (exact) mass is 279 g/mol. The zero-order valence-electron chi connectivity index (χ0n) is 10.0. The van der Waals surface area contributed by atoms with E-state index in [0.717, 1.165) is 17.9 Å². The maximum Gasteiger partial charge on any atom is 0.194 e. The lowest BCUT2D eigenvalue weighted by atomic mass is 10.1. The van der Waals surface area contributed by atoms with Gasteiger partial charge in [0.1, 0.15) is 0 Å². The highest BCUT2D eigenvalue weighted by atomic mass is 32.2.